The molecule has 174 valence electrons. The van der Waals surface area contributed by atoms with Crippen LogP contribution in [-0.4, -0.2) is 54.9 Å². The summed E-state index contributed by atoms with van der Waals surface area (Å²) >= 11 is 0. The summed E-state index contributed by atoms with van der Waals surface area (Å²) in [7, 11) is 3.31. The van der Waals surface area contributed by atoms with Crippen LogP contribution >= 0.6 is 0 Å². The number of methoxy groups -OCH3 is 2. The lowest BCUT2D eigenvalue weighted by molar-refractivity contribution is -0.134. The standard InChI is InChI=1S/C27H33N3O3/c1-4-17-29(22-7-5-6-8-22)19-27(31)30-26(21-11-15-24(33-3)16-12-21)18-25(28-30)20-9-13-23(32-2)14-10-20/h4,9-16,22,26H,1,5-8,17-19H2,2-3H3. The first-order valence-electron chi connectivity index (χ1n) is 11.7. The monoisotopic (exact) mass is 447 g/mol. The van der Waals surface area contributed by atoms with Gasteiger partial charge >= 0.3 is 0 Å². The van der Waals surface area contributed by atoms with Crippen LogP contribution in [0.25, 0.3) is 0 Å². The van der Waals surface area contributed by atoms with E-state index in [1.54, 1.807) is 19.2 Å². The van der Waals surface area contributed by atoms with Crippen molar-refractivity contribution in [2.75, 3.05) is 27.3 Å². The molecule has 4 rings (SSSR count). The molecule has 0 bridgehead atoms. The van der Waals surface area contributed by atoms with Crippen LogP contribution in [-0.2, 0) is 4.79 Å². The molecule has 2 aliphatic rings. The van der Waals surface area contributed by atoms with Crippen molar-refractivity contribution in [3.8, 4) is 11.5 Å². The van der Waals surface area contributed by atoms with E-state index in [-0.39, 0.29) is 11.9 Å². The molecular formula is C27H33N3O3. The molecule has 0 saturated heterocycles. The van der Waals surface area contributed by atoms with Crippen LogP contribution < -0.4 is 9.47 Å². The van der Waals surface area contributed by atoms with Crippen LogP contribution in [0.2, 0.25) is 0 Å². The highest BCUT2D eigenvalue weighted by molar-refractivity contribution is 6.03. The van der Waals surface area contributed by atoms with Gasteiger partial charge in [0.1, 0.15) is 11.5 Å². The van der Waals surface area contributed by atoms with E-state index < -0.39 is 0 Å². The molecule has 6 heteroatoms. The molecule has 1 aliphatic carbocycles. The van der Waals surface area contributed by atoms with Crippen molar-refractivity contribution in [2.45, 2.75) is 44.2 Å². The molecule has 0 N–H and O–H groups in total. The van der Waals surface area contributed by atoms with Gasteiger partial charge in [-0.15, -0.1) is 6.58 Å². The molecule has 0 radical (unpaired) electrons. The summed E-state index contributed by atoms with van der Waals surface area (Å²) in [6, 6.07) is 16.1. The minimum atomic E-state index is -0.144. The van der Waals surface area contributed by atoms with Gasteiger partial charge in [-0.05, 0) is 60.4 Å². The Morgan fingerprint density at radius 2 is 1.67 bits per heavy atom. The third kappa shape index (κ3) is 5.28. The Labute approximate surface area is 196 Å². The predicted octanol–water partition coefficient (Wildman–Crippen LogP) is 4.81. The first kappa shape index (κ1) is 23.1. The van der Waals surface area contributed by atoms with Gasteiger partial charge in [-0.2, -0.15) is 5.10 Å². The largest absolute Gasteiger partial charge is 0.497 e. The zero-order valence-corrected chi connectivity index (χ0v) is 19.6. The zero-order chi connectivity index (χ0) is 23.2. The summed E-state index contributed by atoms with van der Waals surface area (Å²) in [6.07, 6.45) is 7.29. The van der Waals surface area contributed by atoms with Gasteiger partial charge in [0.2, 0.25) is 0 Å². The highest BCUT2D eigenvalue weighted by atomic mass is 16.5. The van der Waals surface area contributed by atoms with Crippen LogP contribution in [0.5, 0.6) is 11.5 Å². The van der Waals surface area contributed by atoms with E-state index in [2.05, 4.69) is 11.5 Å². The van der Waals surface area contributed by atoms with Gasteiger partial charge in [0.15, 0.2) is 0 Å². The summed E-state index contributed by atoms with van der Waals surface area (Å²) < 4.78 is 10.6. The lowest BCUT2D eigenvalue weighted by Crippen LogP contribution is -2.42. The molecule has 1 aliphatic heterocycles. The lowest BCUT2D eigenvalue weighted by Gasteiger charge is -2.30. The van der Waals surface area contributed by atoms with Crippen LogP contribution in [0.1, 0.15) is 49.3 Å². The summed E-state index contributed by atoms with van der Waals surface area (Å²) in [5.74, 6) is 1.62. The topological polar surface area (TPSA) is 54.4 Å². The average molecular weight is 448 g/mol. The van der Waals surface area contributed by atoms with Crippen molar-refractivity contribution >= 4 is 11.6 Å². The van der Waals surface area contributed by atoms with Crippen molar-refractivity contribution in [1.29, 1.82) is 0 Å². The summed E-state index contributed by atoms with van der Waals surface area (Å²) in [4.78, 5) is 15.8. The van der Waals surface area contributed by atoms with Crippen molar-refractivity contribution < 1.29 is 14.3 Å². The lowest BCUT2D eigenvalue weighted by atomic mass is 9.98. The van der Waals surface area contributed by atoms with Crippen molar-refractivity contribution in [3.05, 3.63) is 72.3 Å². The second-order valence-corrected chi connectivity index (χ2v) is 8.66. The smallest absolute Gasteiger partial charge is 0.257 e. The number of benzene rings is 2. The van der Waals surface area contributed by atoms with E-state index in [0.29, 0.717) is 25.6 Å². The third-order valence-electron chi connectivity index (χ3n) is 6.63. The second-order valence-electron chi connectivity index (χ2n) is 8.66. The fourth-order valence-electron chi connectivity index (χ4n) is 4.81. The Morgan fingerprint density at radius 1 is 1.06 bits per heavy atom. The Bertz CT molecular complexity index is 979. The minimum Gasteiger partial charge on any atom is -0.497 e. The molecular weight excluding hydrogens is 414 g/mol. The van der Waals surface area contributed by atoms with Crippen molar-refractivity contribution in [3.63, 3.8) is 0 Å². The van der Waals surface area contributed by atoms with Crippen LogP contribution in [0, 0.1) is 0 Å². The minimum absolute atomic E-state index is 0.0214. The van der Waals surface area contributed by atoms with Gasteiger partial charge in [0.05, 0.1) is 32.5 Å². The summed E-state index contributed by atoms with van der Waals surface area (Å²) in [5.41, 5.74) is 2.96. The quantitative estimate of drug-likeness (QED) is 0.518. The van der Waals surface area contributed by atoms with Gasteiger partial charge in [-0.25, -0.2) is 5.01 Å². The maximum atomic E-state index is 13.6. The number of hydrogen-bond acceptors (Lipinski definition) is 5. The number of nitrogens with zero attached hydrogens (tertiary/aromatic N) is 3. The molecule has 1 unspecified atom stereocenters. The molecule has 2 aromatic carbocycles. The molecule has 2 aromatic rings. The van der Waals surface area contributed by atoms with E-state index in [0.717, 1.165) is 41.2 Å². The fourth-order valence-corrected chi connectivity index (χ4v) is 4.81. The molecule has 0 aromatic heterocycles. The average Bonchev–Trinajstić information content (AvgIpc) is 3.55. The number of hydrogen-bond donors (Lipinski definition) is 0. The van der Waals surface area contributed by atoms with E-state index >= 15 is 0 Å². The molecule has 6 nitrogen and oxygen atoms in total. The van der Waals surface area contributed by atoms with Crippen molar-refractivity contribution in [1.82, 2.24) is 9.91 Å². The highest BCUT2D eigenvalue weighted by Crippen LogP contribution is 2.34. The molecule has 1 saturated carbocycles. The third-order valence-corrected chi connectivity index (χ3v) is 6.63. The van der Waals surface area contributed by atoms with Crippen molar-refractivity contribution in [2.24, 2.45) is 5.10 Å². The van der Waals surface area contributed by atoms with E-state index in [1.807, 2.05) is 54.6 Å². The number of carbonyl (C=O) groups is 1. The maximum Gasteiger partial charge on any atom is 0.257 e. The number of rotatable bonds is 9. The number of hydrazone groups is 1. The van der Waals surface area contributed by atoms with Gasteiger partial charge in [-0.1, -0.05) is 31.1 Å². The molecule has 1 atom stereocenters. The first-order chi connectivity index (χ1) is 16.1. The van der Waals surface area contributed by atoms with Crippen LogP contribution in [0.15, 0.2) is 66.3 Å². The Balaban J connectivity index is 1.60. The van der Waals surface area contributed by atoms with Crippen LogP contribution in [0.4, 0.5) is 0 Å². The molecule has 1 amide bonds. The van der Waals surface area contributed by atoms with E-state index in [4.69, 9.17) is 14.6 Å². The molecule has 0 spiro atoms. The summed E-state index contributed by atoms with van der Waals surface area (Å²) in [5, 5.41) is 6.52. The molecule has 1 fully saturated rings. The second kappa shape index (κ2) is 10.7. The SMILES string of the molecule is C=CCN(CC(=O)N1N=C(c2ccc(OC)cc2)CC1c1ccc(OC)cc1)C1CCCC1. The van der Waals surface area contributed by atoms with Gasteiger partial charge in [-0.3, -0.25) is 9.69 Å². The highest BCUT2D eigenvalue weighted by Gasteiger charge is 2.35. The van der Waals surface area contributed by atoms with Crippen LogP contribution in [0.3, 0.4) is 0 Å². The van der Waals surface area contributed by atoms with Gasteiger partial charge < -0.3 is 9.47 Å². The Hall–Kier alpha value is -3.12. The molecule has 33 heavy (non-hydrogen) atoms. The first-order valence-corrected chi connectivity index (χ1v) is 11.7. The number of carbonyl (C=O) groups excluding carboxylic acids is 1. The fraction of sp³-hybridized carbons (Fsp3) is 0.407. The van der Waals surface area contributed by atoms with Gasteiger partial charge in [0, 0.05) is 19.0 Å². The normalized spacial score (nSPS) is 18.5. The maximum absolute atomic E-state index is 13.6. The summed E-state index contributed by atoms with van der Waals surface area (Å²) in [6.45, 7) is 4.97. The molecule has 1 heterocycles. The number of amides is 1. The Morgan fingerprint density at radius 3 is 2.24 bits per heavy atom. The zero-order valence-electron chi connectivity index (χ0n) is 19.6. The van der Waals surface area contributed by atoms with E-state index in [9.17, 15) is 4.79 Å². The van der Waals surface area contributed by atoms with Gasteiger partial charge in [0.25, 0.3) is 5.91 Å². The number of ether oxygens (including phenoxy) is 2. The predicted molar refractivity (Wildman–Crippen MR) is 131 cm³/mol. The van der Waals surface area contributed by atoms with E-state index in [1.165, 1.54) is 12.8 Å². The Kier molecular flexibility index (Phi) is 7.45.